The van der Waals surface area contributed by atoms with Crippen LogP contribution in [0.15, 0.2) is 21.7 Å². The number of aromatic nitrogens is 2. The van der Waals surface area contributed by atoms with Gasteiger partial charge in [0, 0.05) is 12.0 Å². The maximum Gasteiger partial charge on any atom is 0.278 e. The zero-order valence-electron chi connectivity index (χ0n) is 15.1. The van der Waals surface area contributed by atoms with Crippen LogP contribution < -0.4 is 5.32 Å². The van der Waals surface area contributed by atoms with Gasteiger partial charge in [0.25, 0.3) is 11.8 Å². The topological polar surface area (TPSA) is 89.6 Å². The van der Waals surface area contributed by atoms with Crippen molar-refractivity contribution >= 4 is 17.3 Å². The Labute approximate surface area is 146 Å². The van der Waals surface area contributed by atoms with E-state index in [0.717, 1.165) is 22.4 Å². The number of rotatable bonds is 5. The van der Waals surface area contributed by atoms with Crippen molar-refractivity contribution in [1.82, 2.24) is 10.2 Å². The van der Waals surface area contributed by atoms with Gasteiger partial charge >= 0.3 is 0 Å². The molecule has 0 spiro atoms. The Morgan fingerprint density at radius 1 is 1.24 bits per heavy atom. The molecule has 7 heteroatoms. The maximum absolute atomic E-state index is 12.2. The molecule has 1 N–H and O–H groups in total. The number of aryl methyl sites for hydroxylation is 2. The maximum atomic E-state index is 12.2. The van der Waals surface area contributed by atoms with Crippen LogP contribution in [0.3, 0.4) is 0 Å². The molecular formula is C18H22N4O3. The third-order valence-corrected chi connectivity index (χ3v) is 3.90. The van der Waals surface area contributed by atoms with Gasteiger partial charge in [0.05, 0.1) is 5.69 Å². The van der Waals surface area contributed by atoms with Gasteiger partial charge in [-0.2, -0.15) is 0 Å². The van der Waals surface area contributed by atoms with E-state index in [1.165, 1.54) is 0 Å². The molecule has 7 nitrogen and oxygen atoms in total. The Bertz CT molecular complexity index is 839. The molecule has 1 aromatic heterocycles. The van der Waals surface area contributed by atoms with Crippen molar-refractivity contribution in [2.45, 2.75) is 47.1 Å². The van der Waals surface area contributed by atoms with E-state index < -0.39 is 6.10 Å². The van der Waals surface area contributed by atoms with Crippen molar-refractivity contribution in [2.24, 2.45) is 11.1 Å². The van der Waals surface area contributed by atoms with E-state index in [0.29, 0.717) is 24.1 Å². The summed E-state index contributed by atoms with van der Waals surface area (Å²) >= 11 is 0. The minimum absolute atomic E-state index is 0.260. The van der Waals surface area contributed by atoms with Gasteiger partial charge in [0.15, 0.2) is 5.71 Å². The zero-order valence-corrected chi connectivity index (χ0v) is 15.1. The van der Waals surface area contributed by atoms with E-state index in [9.17, 15) is 4.79 Å². The van der Waals surface area contributed by atoms with Crippen molar-refractivity contribution < 1.29 is 14.0 Å². The summed E-state index contributed by atoms with van der Waals surface area (Å²) in [5.74, 6) is 1.07. The number of anilines is 1. The van der Waals surface area contributed by atoms with Crippen LogP contribution in [0.25, 0.3) is 0 Å². The fourth-order valence-electron chi connectivity index (χ4n) is 2.75. The largest absolute Gasteiger partial charge is 0.421 e. The lowest BCUT2D eigenvalue weighted by Crippen LogP contribution is -2.15. The molecule has 1 aromatic carbocycles. The molecule has 25 heavy (non-hydrogen) atoms. The van der Waals surface area contributed by atoms with E-state index >= 15 is 0 Å². The number of oxime groups is 1. The molecule has 1 aliphatic heterocycles. The molecule has 1 amide bonds. The molecule has 3 rings (SSSR count). The summed E-state index contributed by atoms with van der Waals surface area (Å²) < 4.78 is 5.59. The first-order chi connectivity index (χ1) is 11.8. The summed E-state index contributed by atoms with van der Waals surface area (Å²) in [5.41, 5.74) is 3.85. The summed E-state index contributed by atoms with van der Waals surface area (Å²) in [5, 5.41) is 14.9. The van der Waals surface area contributed by atoms with Crippen molar-refractivity contribution in [2.75, 3.05) is 5.32 Å². The molecule has 0 fully saturated rings. The molecule has 0 saturated heterocycles. The van der Waals surface area contributed by atoms with Crippen LogP contribution in [0.1, 0.15) is 55.3 Å². The van der Waals surface area contributed by atoms with Gasteiger partial charge in [-0.25, -0.2) is 0 Å². The monoisotopic (exact) mass is 342 g/mol. The highest BCUT2D eigenvalue weighted by molar-refractivity contribution is 6.53. The minimum Gasteiger partial charge on any atom is -0.421 e. The second kappa shape index (κ2) is 6.66. The Hall–Kier alpha value is -2.70. The Morgan fingerprint density at radius 3 is 2.72 bits per heavy atom. The average molecular weight is 342 g/mol. The first kappa shape index (κ1) is 17.1. The van der Waals surface area contributed by atoms with Gasteiger partial charge in [-0.15, -0.1) is 10.2 Å². The molecule has 1 aliphatic rings. The summed E-state index contributed by atoms with van der Waals surface area (Å²) in [4.78, 5) is 17.7. The third kappa shape index (κ3) is 3.55. The van der Waals surface area contributed by atoms with Gasteiger partial charge in [-0.1, -0.05) is 30.6 Å². The number of benzene rings is 1. The van der Waals surface area contributed by atoms with Gasteiger partial charge in [0.1, 0.15) is 0 Å². The lowest BCUT2D eigenvalue weighted by molar-refractivity contribution is -0.110. The van der Waals surface area contributed by atoms with Crippen molar-refractivity contribution in [3.63, 3.8) is 0 Å². The highest BCUT2D eigenvalue weighted by atomic mass is 16.6. The number of carbonyl (C=O) groups excluding carboxylic acids is 1. The highest BCUT2D eigenvalue weighted by Crippen LogP contribution is 2.29. The fraction of sp³-hybridized carbons (Fsp3) is 0.444. The second-order valence-corrected chi connectivity index (χ2v) is 6.78. The number of carbonyl (C=O) groups is 1. The third-order valence-electron chi connectivity index (χ3n) is 3.90. The fourth-order valence-corrected chi connectivity index (χ4v) is 2.75. The van der Waals surface area contributed by atoms with Crippen LogP contribution >= 0.6 is 0 Å². The first-order valence-electron chi connectivity index (χ1n) is 8.34. The molecule has 2 heterocycles. The van der Waals surface area contributed by atoms with Crippen molar-refractivity contribution in [1.29, 1.82) is 0 Å². The smallest absolute Gasteiger partial charge is 0.278 e. The zero-order chi connectivity index (χ0) is 18.1. The highest BCUT2D eigenvalue weighted by Gasteiger charge is 2.29. The number of hydrogen-bond acceptors (Lipinski definition) is 6. The van der Waals surface area contributed by atoms with E-state index in [1.54, 1.807) is 6.92 Å². The lowest BCUT2D eigenvalue weighted by atomic mass is 10.0. The van der Waals surface area contributed by atoms with Gasteiger partial charge in [-0.05, 0) is 38.3 Å². The van der Waals surface area contributed by atoms with Gasteiger partial charge in [-0.3, -0.25) is 4.79 Å². The number of nitrogens with one attached hydrogen (secondary N) is 1. The average Bonchev–Trinajstić information content (AvgIpc) is 3.09. The minimum atomic E-state index is -0.538. The normalized spacial score (nSPS) is 16.2. The number of fused-ring (bicyclic) bond motifs is 1. The summed E-state index contributed by atoms with van der Waals surface area (Å²) in [6.45, 7) is 9.84. The molecule has 1 atom stereocenters. The number of nitrogens with zero attached hydrogens (tertiary/aromatic N) is 3. The SMILES string of the molecule is Cc1cc(C)c2c(c1)/C(=N/OC(C)c1nnc(CC(C)C)o1)C(=O)N2. The van der Waals surface area contributed by atoms with E-state index in [4.69, 9.17) is 9.25 Å². The molecule has 0 saturated carbocycles. The van der Waals surface area contributed by atoms with Crippen molar-refractivity contribution in [3.05, 3.63) is 40.6 Å². The van der Waals surface area contributed by atoms with Crippen LogP contribution in [0.5, 0.6) is 0 Å². The van der Waals surface area contributed by atoms with Crippen LogP contribution in [-0.2, 0) is 16.1 Å². The van der Waals surface area contributed by atoms with E-state index in [-0.39, 0.29) is 11.6 Å². The molecule has 0 bridgehead atoms. The predicted octanol–water partition coefficient (Wildman–Crippen LogP) is 3.32. The standard InChI is InChI=1S/C18H22N4O3/c1-9(2)6-14-20-21-18(24-14)12(5)25-22-16-13-8-10(3)7-11(4)15(13)19-17(16)23/h7-9,12H,6H2,1-5H3,(H,19,22,23). The summed E-state index contributed by atoms with van der Waals surface area (Å²) in [7, 11) is 0. The van der Waals surface area contributed by atoms with E-state index in [1.807, 2.05) is 26.0 Å². The molecule has 2 aromatic rings. The van der Waals surface area contributed by atoms with Gasteiger partial charge < -0.3 is 14.6 Å². The summed E-state index contributed by atoms with van der Waals surface area (Å²) in [6, 6.07) is 3.93. The molecule has 0 aliphatic carbocycles. The Morgan fingerprint density at radius 2 is 2.00 bits per heavy atom. The first-order valence-corrected chi connectivity index (χ1v) is 8.34. The molecule has 0 radical (unpaired) electrons. The van der Waals surface area contributed by atoms with Crippen LogP contribution in [0.4, 0.5) is 5.69 Å². The van der Waals surface area contributed by atoms with Crippen LogP contribution in [0, 0.1) is 19.8 Å². The van der Waals surface area contributed by atoms with Crippen molar-refractivity contribution in [3.8, 4) is 0 Å². The second-order valence-electron chi connectivity index (χ2n) is 6.78. The molecule has 132 valence electrons. The number of amides is 1. The van der Waals surface area contributed by atoms with Gasteiger partial charge in [0.2, 0.25) is 12.0 Å². The molecular weight excluding hydrogens is 320 g/mol. The summed E-state index contributed by atoms with van der Waals surface area (Å²) in [6.07, 6.45) is 0.173. The lowest BCUT2D eigenvalue weighted by Gasteiger charge is -2.06. The predicted molar refractivity (Wildman–Crippen MR) is 93.4 cm³/mol. The quantitative estimate of drug-likeness (QED) is 0.842. The van der Waals surface area contributed by atoms with Crippen LogP contribution in [0.2, 0.25) is 0 Å². The Balaban J connectivity index is 1.78. The van der Waals surface area contributed by atoms with E-state index in [2.05, 4.69) is 34.5 Å². The Kier molecular flexibility index (Phi) is 4.57. The molecule has 1 unspecified atom stereocenters. The van der Waals surface area contributed by atoms with Crippen LogP contribution in [-0.4, -0.2) is 21.8 Å². The number of hydrogen-bond donors (Lipinski definition) is 1.